The number of nitrogens with one attached hydrogen (secondary N) is 1. The second-order valence-corrected chi connectivity index (χ2v) is 17.2. The summed E-state index contributed by atoms with van der Waals surface area (Å²) in [5, 5.41) is 12.9. The van der Waals surface area contributed by atoms with Crippen LogP contribution in [-0.2, 0) is 56.6 Å². The lowest BCUT2D eigenvalue weighted by atomic mass is 9.64. The monoisotopic (exact) mass is 933 g/mol. The topological polar surface area (TPSA) is 179 Å². The first-order chi connectivity index (χ1) is 33.6. The SMILES string of the molecule is COC(=O)C(CC#Cc1ccc2c(c1)[C@]1(C(=O)N2)[C@H](C(=O)N2CCc3cc(OC)c(OC)cc3C2)[C@H]2C(=O)O[C@H](c3ccccc3)[C@H](c3ccccc3)N2[C@@H]1c1cccc(OCCO)c1)C(=O)OC. The fraction of sp³-hybridized carbons (Fsp3) is 0.315. The number of cyclic esters (lactones) is 1. The first kappa shape index (κ1) is 46.4. The Kier molecular flexibility index (Phi) is 13.1. The Labute approximate surface area is 399 Å². The summed E-state index contributed by atoms with van der Waals surface area (Å²) in [5.41, 5.74) is 3.23. The minimum Gasteiger partial charge on any atom is -0.493 e. The second-order valence-electron chi connectivity index (χ2n) is 17.2. The summed E-state index contributed by atoms with van der Waals surface area (Å²) in [6.07, 6.45) is -0.656. The van der Waals surface area contributed by atoms with Gasteiger partial charge in [-0.15, -0.1) is 0 Å². The summed E-state index contributed by atoms with van der Waals surface area (Å²) in [7, 11) is 5.45. The van der Waals surface area contributed by atoms with E-state index < -0.39 is 71.2 Å². The number of aliphatic hydroxyl groups excluding tert-OH is 1. The maximum atomic E-state index is 16.2. The fourth-order valence-corrected chi connectivity index (χ4v) is 10.7. The van der Waals surface area contributed by atoms with Crippen LogP contribution in [0.2, 0.25) is 0 Å². The molecular formula is C54H51N3O12. The number of morpholine rings is 1. The summed E-state index contributed by atoms with van der Waals surface area (Å²) in [4.78, 5) is 76.3. The summed E-state index contributed by atoms with van der Waals surface area (Å²) < 4.78 is 33.6. The van der Waals surface area contributed by atoms with Gasteiger partial charge < -0.3 is 43.7 Å². The zero-order valence-corrected chi connectivity index (χ0v) is 38.5. The number of methoxy groups -OCH3 is 4. The molecule has 0 radical (unpaired) electrons. The lowest BCUT2D eigenvalue weighted by Crippen LogP contribution is -2.56. The third kappa shape index (κ3) is 8.19. The Hall–Kier alpha value is -7.67. The van der Waals surface area contributed by atoms with Crippen molar-refractivity contribution >= 4 is 35.4 Å². The van der Waals surface area contributed by atoms with Crippen molar-refractivity contribution in [2.75, 3.05) is 53.5 Å². The van der Waals surface area contributed by atoms with E-state index in [-0.39, 0.29) is 32.7 Å². The largest absolute Gasteiger partial charge is 0.493 e. The van der Waals surface area contributed by atoms with E-state index in [0.717, 1.165) is 16.7 Å². The van der Waals surface area contributed by atoms with E-state index in [1.54, 1.807) is 55.5 Å². The first-order valence-electron chi connectivity index (χ1n) is 22.6. The average molecular weight is 934 g/mol. The molecule has 4 heterocycles. The smallest absolute Gasteiger partial charge is 0.324 e. The van der Waals surface area contributed by atoms with Crippen molar-refractivity contribution in [3.8, 4) is 29.1 Å². The quantitative estimate of drug-likeness (QED) is 0.0681. The molecule has 15 nitrogen and oxygen atoms in total. The molecule has 5 aromatic carbocycles. The zero-order valence-electron chi connectivity index (χ0n) is 38.5. The molecule has 2 N–H and O–H groups in total. The molecule has 2 saturated heterocycles. The van der Waals surface area contributed by atoms with Gasteiger partial charge in [0.1, 0.15) is 29.9 Å². The van der Waals surface area contributed by atoms with E-state index in [4.69, 9.17) is 28.4 Å². The van der Waals surface area contributed by atoms with Gasteiger partial charge in [0, 0.05) is 30.8 Å². The number of fused-ring (bicyclic) bond motifs is 4. The highest BCUT2D eigenvalue weighted by atomic mass is 16.6. The van der Waals surface area contributed by atoms with Gasteiger partial charge in [-0.3, -0.25) is 28.9 Å². The van der Waals surface area contributed by atoms with E-state index in [9.17, 15) is 14.7 Å². The van der Waals surface area contributed by atoms with E-state index in [2.05, 4.69) is 17.2 Å². The van der Waals surface area contributed by atoms with Crippen molar-refractivity contribution in [3.63, 3.8) is 0 Å². The van der Waals surface area contributed by atoms with Crippen LogP contribution in [0.3, 0.4) is 0 Å². The van der Waals surface area contributed by atoms with Gasteiger partial charge in [-0.05, 0) is 82.3 Å². The second kappa shape index (κ2) is 19.5. The number of anilines is 1. The van der Waals surface area contributed by atoms with Crippen molar-refractivity contribution in [1.29, 1.82) is 0 Å². The molecule has 6 atom stereocenters. The normalized spacial score (nSPS) is 22.3. The standard InChI is InChI=1S/C54H51N3O12/c1-64-42-29-35-23-24-56(31-37(35)30-43(42)65-2)49(59)44-46-52(62)69-47(34-16-9-6-10-17-34)45(33-14-7-5-8-15-33)57(46)48(36-18-12-19-38(28-36)68-26-25-58)54(44)40-27-32(21-22-41(40)55-53(54)63)13-11-20-39(50(60)66-3)51(61)67-4/h5-10,12,14-19,21-22,27-30,39,44-48,58H,20,23-26,31H2,1-4H3,(H,55,63)/t44-,45-,46-,47+,48+,54-/m0/s1. The van der Waals surface area contributed by atoms with Gasteiger partial charge in [-0.25, -0.2) is 0 Å². The molecule has 354 valence electrons. The van der Waals surface area contributed by atoms with Crippen LogP contribution in [0, 0.1) is 23.7 Å². The summed E-state index contributed by atoms with van der Waals surface area (Å²) >= 11 is 0. The van der Waals surface area contributed by atoms with Gasteiger partial charge >= 0.3 is 17.9 Å². The molecule has 4 aliphatic rings. The number of benzene rings is 5. The Morgan fingerprint density at radius 1 is 0.797 bits per heavy atom. The molecule has 15 heteroatoms. The van der Waals surface area contributed by atoms with Gasteiger partial charge in [0.2, 0.25) is 11.8 Å². The van der Waals surface area contributed by atoms with Gasteiger partial charge in [0.15, 0.2) is 17.4 Å². The lowest BCUT2D eigenvalue weighted by molar-refractivity contribution is -0.179. The fourth-order valence-electron chi connectivity index (χ4n) is 10.7. The van der Waals surface area contributed by atoms with Crippen LogP contribution in [0.5, 0.6) is 17.2 Å². The predicted octanol–water partition coefficient (Wildman–Crippen LogP) is 5.63. The number of rotatable bonds is 12. The maximum absolute atomic E-state index is 16.2. The Balaban J connectivity index is 1.29. The summed E-state index contributed by atoms with van der Waals surface area (Å²) in [6, 6.07) is 32.0. The van der Waals surface area contributed by atoms with Crippen LogP contribution in [0.25, 0.3) is 0 Å². The highest BCUT2D eigenvalue weighted by Gasteiger charge is 2.74. The lowest BCUT2D eigenvalue weighted by Gasteiger charge is -2.46. The minimum absolute atomic E-state index is 0.00693. The summed E-state index contributed by atoms with van der Waals surface area (Å²) in [6.45, 7) is 0.155. The molecule has 69 heavy (non-hydrogen) atoms. The van der Waals surface area contributed by atoms with Crippen LogP contribution >= 0.6 is 0 Å². The molecule has 0 saturated carbocycles. The molecule has 0 aliphatic carbocycles. The van der Waals surface area contributed by atoms with Gasteiger partial charge in [0.25, 0.3) is 0 Å². The van der Waals surface area contributed by atoms with E-state index in [1.807, 2.05) is 83.8 Å². The molecule has 2 amide bonds. The molecule has 9 rings (SSSR count). The number of aliphatic hydroxyl groups is 1. The molecule has 5 aromatic rings. The molecule has 0 unspecified atom stereocenters. The number of esters is 3. The van der Waals surface area contributed by atoms with Crippen LogP contribution in [0.1, 0.15) is 63.6 Å². The minimum atomic E-state index is -1.85. The van der Waals surface area contributed by atoms with Crippen molar-refractivity contribution in [2.45, 2.75) is 49.0 Å². The maximum Gasteiger partial charge on any atom is 0.324 e. The Morgan fingerprint density at radius 3 is 2.13 bits per heavy atom. The van der Waals surface area contributed by atoms with E-state index in [1.165, 1.54) is 14.2 Å². The first-order valence-corrected chi connectivity index (χ1v) is 22.6. The number of hydrogen-bond acceptors (Lipinski definition) is 13. The third-order valence-electron chi connectivity index (χ3n) is 13.6. The average Bonchev–Trinajstić information content (AvgIpc) is 3.87. The van der Waals surface area contributed by atoms with E-state index >= 15 is 14.4 Å². The van der Waals surface area contributed by atoms with Crippen LogP contribution < -0.4 is 19.5 Å². The predicted molar refractivity (Wildman–Crippen MR) is 250 cm³/mol. The number of nitrogens with zero attached hydrogens (tertiary/aromatic N) is 2. The van der Waals surface area contributed by atoms with Crippen molar-refractivity contribution in [1.82, 2.24) is 9.80 Å². The number of carbonyl (C=O) groups excluding carboxylic acids is 5. The van der Waals surface area contributed by atoms with Gasteiger partial charge in [-0.1, -0.05) is 84.6 Å². The highest BCUT2D eigenvalue weighted by molar-refractivity contribution is 6.12. The number of amides is 2. The van der Waals surface area contributed by atoms with Crippen molar-refractivity contribution in [2.24, 2.45) is 11.8 Å². The molecule has 0 aromatic heterocycles. The van der Waals surface area contributed by atoms with Crippen LogP contribution in [0.15, 0.2) is 115 Å². The van der Waals surface area contributed by atoms with E-state index in [0.29, 0.717) is 51.6 Å². The number of hydrogen-bond donors (Lipinski definition) is 2. The van der Waals surface area contributed by atoms with Gasteiger partial charge in [-0.2, -0.15) is 0 Å². The van der Waals surface area contributed by atoms with Gasteiger partial charge in [0.05, 0.1) is 53.0 Å². The third-order valence-corrected chi connectivity index (χ3v) is 13.6. The van der Waals surface area contributed by atoms with Crippen molar-refractivity contribution < 1.29 is 57.5 Å². The molecule has 4 aliphatic heterocycles. The summed E-state index contributed by atoms with van der Waals surface area (Å²) in [5.74, 6) is 1.52. The Bertz CT molecular complexity index is 2850. The van der Waals surface area contributed by atoms with Crippen molar-refractivity contribution in [3.05, 3.63) is 154 Å². The highest BCUT2D eigenvalue weighted by Crippen LogP contribution is 2.65. The zero-order chi connectivity index (χ0) is 48.4. The van der Waals surface area contributed by atoms with Crippen LogP contribution in [-0.4, -0.2) is 98.9 Å². The van der Waals surface area contributed by atoms with Crippen LogP contribution in [0.4, 0.5) is 5.69 Å². The Morgan fingerprint density at radius 2 is 1.46 bits per heavy atom. The number of carbonyl (C=O) groups is 5. The number of ether oxygens (including phenoxy) is 6. The molecule has 0 bridgehead atoms. The molecule has 2 fully saturated rings. The molecular weight excluding hydrogens is 883 g/mol. The molecule has 1 spiro atoms.